The Kier molecular flexibility index (Phi) is 9.69. The van der Waals surface area contributed by atoms with Gasteiger partial charge >= 0.3 is 0 Å². The third kappa shape index (κ3) is 6.17. The normalized spacial score (nSPS) is 11.8. The highest BCUT2D eigenvalue weighted by Crippen LogP contribution is 2.39. The van der Waals surface area contributed by atoms with Gasteiger partial charge in [0.15, 0.2) is 16.7 Å². The zero-order valence-corrected chi connectivity index (χ0v) is 24.3. The summed E-state index contributed by atoms with van der Waals surface area (Å²) in [5.74, 6) is 0.616. The number of imidazole rings is 1. The molecule has 0 aliphatic heterocycles. The number of ether oxygens (including phenoxy) is 3. The summed E-state index contributed by atoms with van der Waals surface area (Å²) in [6.07, 6.45) is 1.07. The minimum atomic E-state index is -0.594. The maximum absolute atomic E-state index is 14.5. The Labute approximate surface area is 242 Å². The van der Waals surface area contributed by atoms with Gasteiger partial charge in [0.25, 0.3) is 0 Å². The topological polar surface area (TPSA) is 45.5 Å². The van der Waals surface area contributed by atoms with Crippen molar-refractivity contribution in [1.29, 1.82) is 0 Å². The lowest BCUT2D eigenvalue weighted by molar-refractivity contribution is 0.0987. The minimum absolute atomic E-state index is 0.244. The lowest BCUT2D eigenvalue weighted by Gasteiger charge is -2.22. The van der Waals surface area contributed by atoms with Crippen molar-refractivity contribution < 1.29 is 23.0 Å². The molecule has 4 aromatic rings. The van der Waals surface area contributed by atoms with Crippen molar-refractivity contribution in [2.24, 2.45) is 0 Å². The number of hydrogen-bond donors (Lipinski definition) is 0. The molecule has 0 saturated carbocycles. The predicted molar refractivity (Wildman–Crippen MR) is 155 cm³/mol. The predicted octanol–water partition coefficient (Wildman–Crippen LogP) is 8.01. The van der Waals surface area contributed by atoms with Crippen LogP contribution in [-0.2, 0) is 10.5 Å². The fraction of sp³-hybridized carbons (Fsp3) is 0.179. The molecular weight excluding hydrogens is 645 g/mol. The van der Waals surface area contributed by atoms with Crippen LogP contribution in [-0.4, -0.2) is 30.4 Å². The molecule has 38 heavy (non-hydrogen) atoms. The van der Waals surface area contributed by atoms with E-state index in [1.165, 1.54) is 30.0 Å². The molecule has 10 heteroatoms. The Balaban J connectivity index is 1.86. The van der Waals surface area contributed by atoms with Gasteiger partial charge in [-0.15, -0.1) is 6.58 Å². The van der Waals surface area contributed by atoms with Gasteiger partial charge in [0.1, 0.15) is 21.4 Å². The average molecular weight is 669 g/mol. The van der Waals surface area contributed by atoms with E-state index in [0.717, 1.165) is 5.56 Å². The van der Waals surface area contributed by atoms with Gasteiger partial charge in [0.05, 0.1) is 26.5 Å². The highest BCUT2D eigenvalue weighted by molar-refractivity contribution is 14.1. The Morgan fingerprint density at radius 2 is 1.82 bits per heavy atom. The van der Waals surface area contributed by atoms with Crippen LogP contribution in [0.3, 0.4) is 0 Å². The molecule has 198 valence electrons. The second kappa shape index (κ2) is 13.0. The summed E-state index contributed by atoms with van der Waals surface area (Å²) in [7, 11) is 3.14. The Bertz CT molecular complexity index is 1410. The first-order valence-electron chi connectivity index (χ1n) is 11.4. The largest absolute Gasteiger partial charge is 0.493 e. The van der Waals surface area contributed by atoms with Crippen molar-refractivity contribution >= 4 is 46.0 Å². The lowest BCUT2D eigenvalue weighted by Crippen LogP contribution is -2.14. The molecule has 0 fully saturated rings. The number of methoxy groups -OCH3 is 2. The molecule has 5 nitrogen and oxygen atoms in total. The number of thioether (sulfide) groups is 1. The van der Waals surface area contributed by atoms with E-state index < -0.39 is 11.9 Å². The zero-order chi connectivity index (χ0) is 27.2. The van der Waals surface area contributed by atoms with Crippen LogP contribution in [0.2, 0.25) is 5.02 Å². The Hall–Kier alpha value is -2.60. The van der Waals surface area contributed by atoms with E-state index >= 15 is 0 Å². The van der Waals surface area contributed by atoms with E-state index in [4.69, 9.17) is 30.8 Å². The van der Waals surface area contributed by atoms with Gasteiger partial charge in [-0.25, -0.2) is 13.8 Å². The second-order valence-corrected chi connectivity index (χ2v) is 10.4. The van der Waals surface area contributed by atoms with Crippen LogP contribution in [0.15, 0.2) is 78.5 Å². The third-order valence-electron chi connectivity index (χ3n) is 5.67. The first-order valence-corrected chi connectivity index (χ1v) is 13.9. The standard InChI is InChI=1S/C28H24ClF2IN2O3S/c1-4-14-37-26(17-8-13-23(35-2)24(15-17)36-3)25-27(32)33-28(34(25)19-11-9-18(30)10-12-19)38-16-20-21(29)6-5-7-22(20)31/h4-13,15,26H,1,14,16H2,2-3H3. The molecule has 0 saturated heterocycles. The molecule has 0 N–H and O–H groups in total. The molecule has 4 rings (SSSR count). The van der Waals surface area contributed by atoms with E-state index in [2.05, 4.69) is 29.2 Å². The van der Waals surface area contributed by atoms with Crippen molar-refractivity contribution in [3.63, 3.8) is 0 Å². The van der Waals surface area contributed by atoms with Gasteiger partial charge < -0.3 is 14.2 Å². The van der Waals surface area contributed by atoms with Crippen LogP contribution < -0.4 is 9.47 Å². The van der Waals surface area contributed by atoms with Crippen molar-refractivity contribution in [1.82, 2.24) is 9.55 Å². The summed E-state index contributed by atoms with van der Waals surface area (Å²) in [5.41, 5.74) is 2.56. The highest BCUT2D eigenvalue weighted by atomic mass is 127. The molecule has 0 radical (unpaired) electrons. The summed E-state index contributed by atoms with van der Waals surface area (Å²) >= 11 is 9.75. The van der Waals surface area contributed by atoms with Crippen molar-refractivity contribution in [3.8, 4) is 17.2 Å². The second-order valence-electron chi connectivity index (χ2n) is 7.99. The van der Waals surface area contributed by atoms with E-state index in [1.807, 2.05) is 16.7 Å². The van der Waals surface area contributed by atoms with E-state index in [1.54, 1.807) is 50.6 Å². The Morgan fingerprint density at radius 1 is 1.08 bits per heavy atom. The lowest BCUT2D eigenvalue weighted by atomic mass is 10.1. The van der Waals surface area contributed by atoms with Crippen molar-refractivity contribution in [2.45, 2.75) is 17.0 Å². The maximum Gasteiger partial charge on any atom is 0.174 e. The SMILES string of the molecule is C=CCOC(c1ccc(OC)c(OC)c1)c1c(I)nc(SCc2c(F)cccc2Cl)n1-c1ccc(F)cc1. The average Bonchev–Trinajstić information content (AvgIpc) is 3.24. The van der Waals surface area contributed by atoms with Gasteiger partial charge in [0.2, 0.25) is 0 Å². The number of rotatable bonds is 11. The number of benzene rings is 3. The molecule has 1 aromatic heterocycles. The van der Waals surface area contributed by atoms with Crippen LogP contribution in [0.4, 0.5) is 8.78 Å². The van der Waals surface area contributed by atoms with Gasteiger partial charge in [-0.05, 0) is 76.7 Å². The summed E-state index contributed by atoms with van der Waals surface area (Å²) in [4.78, 5) is 4.81. The van der Waals surface area contributed by atoms with Crippen molar-refractivity contribution in [2.75, 3.05) is 20.8 Å². The van der Waals surface area contributed by atoms with Gasteiger partial charge in [0, 0.05) is 22.0 Å². The molecule has 0 aliphatic carbocycles. The van der Waals surface area contributed by atoms with Crippen LogP contribution >= 0.6 is 46.0 Å². The minimum Gasteiger partial charge on any atom is -0.493 e. The fourth-order valence-electron chi connectivity index (χ4n) is 3.87. The summed E-state index contributed by atoms with van der Waals surface area (Å²) in [5, 5.41) is 0.910. The number of halogens is 4. The molecular formula is C28H24ClF2IN2O3S. The molecule has 0 spiro atoms. The van der Waals surface area contributed by atoms with E-state index in [9.17, 15) is 8.78 Å². The molecule has 3 aromatic carbocycles. The summed E-state index contributed by atoms with van der Waals surface area (Å²) in [6, 6.07) is 16.2. The molecule has 0 aliphatic rings. The summed E-state index contributed by atoms with van der Waals surface area (Å²) in [6.45, 7) is 4.05. The molecule has 1 unspecified atom stereocenters. The smallest absolute Gasteiger partial charge is 0.174 e. The number of hydrogen-bond acceptors (Lipinski definition) is 5. The first kappa shape index (κ1) is 28.4. The van der Waals surface area contributed by atoms with Crippen LogP contribution in [0.1, 0.15) is 22.9 Å². The van der Waals surface area contributed by atoms with E-state index in [-0.39, 0.29) is 18.2 Å². The summed E-state index contributed by atoms with van der Waals surface area (Å²) < 4.78 is 48.1. The van der Waals surface area contributed by atoms with E-state index in [0.29, 0.717) is 42.3 Å². The van der Waals surface area contributed by atoms with Gasteiger partial charge in [-0.1, -0.05) is 41.6 Å². The molecule has 1 atom stereocenters. The number of nitrogens with zero attached hydrogens (tertiary/aromatic N) is 2. The van der Waals surface area contributed by atoms with Gasteiger partial charge in [-0.2, -0.15) is 0 Å². The zero-order valence-electron chi connectivity index (χ0n) is 20.6. The highest BCUT2D eigenvalue weighted by Gasteiger charge is 2.28. The maximum atomic E-state index is 14.5. The third-order valence-corrected chi connectivity index (χ3v) is 7.78. The van der Waals surface area contributed by atoms with Crippen LogP contribution in [0.25, 0.3) is 5.69 Å². The Morgan fingerprint density at radius 3 is 2.47 bits per heavy atom. The first-order chi connectivity index (χ1) is 18.4. The monoisotopic (exact) mass is 668 g/mol. The molecule has 0 bridgehead atoms. The van der Waals surface area contributed by atoms with Crippen LogP contribution in [0, 0.1) is 15.3 Å². The number of aromatic nitrogens is 2. The van der Waals surface area contributed by atoms with Crippen molar-refractivity contribution in [3.05, 3.63) is 110 Å². The van der Waals surface area contributed by atoms with Crippen LogP contribution in [0.5, 0.6) is 11.5 Å². The quantitative estimate of drug-likeness (QED) is 0.0921. The fourth-order valence-corrected chi connectivity index (χ4v) is 6.15. The molecule has 1 heterocycles. The molecule has 0 amide bonds. The van der Waals surface area contributed by atoms with Gasteiger partial charge in [-0.3, -0.25) is 4.57 Å².